The second-order valence-corrected chi connectivity index (χ2v) is 9.28. The Bertz CT molecular complexity index is 1130. The van der Waals surface area contributed by atoms with Crippen molar-refractivity contribution < 1.29 is 14.0 Å². The van der Waals surface area contributed by atoms with Crippen molar-refractivity contribution in [3.63, 3.8) is 0 Å². The molecule has 0 bridgehead atoms. The summed E-state index contributed by atoms with van der Waals surface area (Å²) in [6.07, 6.45) is 2.66. The molecule has 1 aliphatic carbocycles. The normalized spacial score (nSPS) is 18.5. The summed E-state index contributed by atoms with van der Waals surface area (Å²) in [5.74, 6) is 0.312. The van der Waals surface area contributed by atoms with Gasteiger partial charge in [-0.1, -0.05) is 59.3 Å². The Labute approximate surface area is 196 Å². The molecule has 166 valence electrons. The van der Waals surface area contributed by atoms with Crippen LogP contribution in [0.25, 0.3) is 11.5 Å². The minimum absolute atomic E-state index is 0.0251. The second-order valence-electron chi connectivity index (χ2n) is 7.95. The van der Waals surface area contributed by atoms with E-state index < -0.39 is 5.54 Å². The van der Waals surface area contributed by atoms with Crippen LogP contribution >= 0.6 is 23.4 Å². The molecule has 1 fully saturated rings. The molecule has 1 amide bonds. The van der Waals surface area contributed by atoms with Crippen LogP contribution in [0.1, 0.15) is 36.8 Å². The van der Waals surface area contributed by atoms with Crippen LogP contribution in [0.4, 0.5) is 0 Å². The number of hydrogen-bond donors (Lipinski definition) is 0. The molecule has 0 unspecified atom stereocenters. The van der Waals surface area contributed by atoms with Gasteiger partial charge < -0.3 is 9.32 Å². The number of nitrogens with zero attached hydrogens (tertiary/aromatic N) is 3. The summed E-state index contributed by atoms with van der Waals surface area (Å²) in [6, 6.07) is 15.1. The SMILES string of the molecule is Cc1ccc(-c2nnc(SCC(=O)N(C)[C@@]3(c4ccccc4Cl)CCCCC3=O)o2)cc1. The van der Waals surface area contributed by atoms with E-state index in [0.29, 0.717) is 34.5 Å². The van der Waals surface area contributed by atoms with Gasteiger partial charge >= 0.3 is 0 Å². The molecule has 32 heavy (non-hydrogen) atoms. The fraction of sp³-hybridized carbons (Fsp3) is 0.333. The second kappa shape index (κ2) is 9.46. The molecule has 1 saturated carbocycles. The summed E-state index contributed by atoms with van der Waals surface area (Å²) in [7, 11) is 1.68. The molecule has 1 atom stereocenters. The van der Waals surface area contributed by atoms with E-state index in [0.717, 1.165) is 35.7 Å². The van der Waals surface area contributed by atoms with Gasteiger partial charge in [-0.15, -0.1) is 10.2 Å². The smallest absolute Gasteiger partial charge is 0.277 e. The molecule has 6 nitrogen and oxygen atoms in total. The Kier molecular flexibility index (Phi) is 6.67. The Balaban J connectivity index is 1.51. The van der Waals surface area contributed by atoms with E-state index in [4.69, 9.17) is 16.0 Å². The first-order valence-corrected chi connectivity index (χ1v) is 11.9. The maximum atomic E-state index is 13.2. The first-order valence-electron chi connectivity index (χ1n) is 10.5. The van der Waals surface area contributed by atoms with Crippen molar-refractivity contribution in [1.29, 1.82) is 0 Å². The average molecular weight is 470 g/mol. The quantitative estimate of drug-likeness (QED) is 0.456. The van der Waals surface area contributed by atoms with Gasteiger partial charge in [0.05, 0.1) is 5.75 Å². The maximum Gasteiger partial charge on any atom is 0.277 e. The first-order chi connectivity index (χ1) is 15.4. The maximum absolute atomic E-state index is 13.2. The number of carbonyl (C=O) groups is 2. The largest absolute Gasteiger partial charge is 0.411 e. The van der Waals surface area contributed by atoms with Crippen LogP contribution in [0.2, 0.25) is 5.02 Å². The van der Waals surface area contributed by atoms with Gasteiger partial charge in [0, 0.05) is 29.6 Å². The molecular weight excluding hydrogens is 446 g/mol. The molecule has 0 saturated heterocycles. The van der Waals surface area contributed by atoms with E-state index in [1.165, 1.54) is 0 Å². The fourth-order valence-electron chi connectivity index (χ4n) is 4.14. The van der Waals surface area contributed by atoms with Crippen molar-refractivity contribution in [1.82, 2.24) is 15.1 Å². The van der Waals surface area contributed by atoms with Crippen LogP contribution < -0.4 is 0 Å². The van der Waals surface area contributed by atoms with Crippen molar-refractivity contribution in [3.8, 4) is 11.5 Å². The molecule has 0 radical (unpaired) electrons. The van der Waals surface area contributed by atoms with E-state index >= 15 is 0 Å². The van der Waals surface area contributed by atoms with Gasteiger partial charge in [-0.25, -0.2) is 0 Å². The number of likely N-dealkylation sites (N-methyl/N-ethyl adjacent to an activating group) is 1. The van der Waals surface area contributed by atoms with Crippen LogP contribution in [0.15, 0.2) is 58.2 Å². The summed E-state index contributed by atoms with van der Waals surface area (Å²) < 4.78 is 5.72. The number of benzene rings is 2. The number of aryl methyl sites for hydroxylation is 1. The third-order valence-corrected chi connectivity index (χ3v) is 7.08. The number of carbonyl (C=O) groups excluding carboxylic acids is 2. The molecule has 1 aromatic heterocycles. The highest BCUT2D eigenvalue weighted by atomic mass is 35.5. The number of thioether (sulfide) groups is 1. The number of hydrogen-bond acceptors (Lipinski definition) is 6. The van der Waals surface area contributed by atoms with Crippen LogP contribution in [0.5, 0.6) is 0 Å². The summed E-state index contributed by atoms with van der Waals surface area (Å²) in [6.45, 7) is 2.01. The van der Waals surface area contributed by atoms with E-state index in [-0.39, 0.29) is 17.4 Å². The number of rotatable bonds is 6. The molecular formula is C24H24ClN3O3S. The van der Waals surface area contributed by atoms with Crippen LogP contribution in [-0.2, 0) is 15.1 Å². The number of ketones is 1. The molecule has 0 aliphatic heterocycles. The van der Waals surface area contributed by atoms with E-state index in [1.54, 1.807) is 18.0 Å². The van der Waals surface area contributed by atoms with Crippen LogP contribution in [0.3, 0.4) is 0 Å². The lowest BCUT2D eigenvalue weighted by molar-refractivity contribution is -0.146. The fourth-order valence-corrected chi connectivity index (χ4v) is 5.11. The molecule has 2 aromatic carbocycles. The first kappa shape index (κ1) is 22.6. The minimum Gasteiger partial charge on any atom is -0.411 e. The molecule has 1 aliphatic rings. The van der Waals surface area contributed by atoms with Gasteiger partial charge in [0.15, 0.2) is 5.78 Å². The molecule has 8 heteroatoms. The van der Waals surface area contributed by atoms with Crippen molar-refractivity contribution >= 4 is 35.1 Å². The molecule has 0 spiro atoms. The topological polar surface area (TPSA) is 76.3 Å². The van der Waals surface area contributed by atoms with E-state index in [1.807, 2.05) is 49.4 Å². The summed E-state index contributed by atoms with van der Waals surface area (Å²) >= 11 is 7.64. The zero-order chi connectivity index (χ0) is 22.7. The Morgan fingerprint density at radius 3 is 2.62 bits per heavy atom. The Morgan fingerprint density at radius 2 is 1.91 bits per heavy atom. The van der Waals surface area contributed by atoms with Gasteiger partial charge in [0.25, 0.3) is 5.22 Å². The van der Waals surface area contributed by atoms with Gasteiger partial charge in [-0.05, 0) is 44.4 Å². The molecule has 3 aromatic rings. The Hall–Kier alpha value is -2.64. The van der Waals surface area contributed by atoms with Crippen LogP contribution in [0, 0.1) is 6.92 Å². The van der Waals surface area contributed by atoms with Gasteiger partial charge in [-0.2, -0.15) is 0 Å². The third-order valence-electron chi connectivity index (χ3n) is 5.94. The number of halogens is 1. The van der Waals surface area contributed by atoms with Crippen molar-refractivity contribution in [2.45, 2.75) is 43.4 Å². The highest BCUT2D eigenvalue weighted by molar-refractivity contribution is 7.99. The van der Waals surface area contributed by atoms with Crippen LogP contribution in [-0.4, -0.2) is 39.6 Å². The highest BCUT2D eigenvalue weighted by Crippen LogP contribution is 2.42. The van der Waals surface area contributed by atoms with Crippen molar-refractivity contribution in [2.75, 3.05) is 12.8 Å². The zero-order valence-corrected chi connectivity index (χ0v) is 19.6. The monoisotopic (exact) mass is 469 g/mol. The van der Waals surface area contributed by atoms with E-state index in [9.17, 15) is 9.59 Å². The predicted octanol–water partition coefficient (Wildman–Crippen LogP) is 5.29. The van der Waals surface area contributed by atoms with Crippen molar-refractivity contribution in [2.24, 2.45) is 0 Å². The van der Waals surface area contributed by atoms with Gasteiger partial charge in [0.1, 0.15) is 5.54 Å². The zero-order valence-electron chi connectivity index (χ0n) is 18.0. The number of Topliss-reactive ketones (excluding diaryl/α,β-unsaturated/α-hetero) is 1. The average Bonchev–Trinajstić information content (AvgIpc) is 3.27. The molecule has 4 rings (SSSR count). The van der Waals surface area contributed by atoms with Gasteiger partial charge in [0.2, 0.25) is 11.8 Å². The lowest BCUT2D eigenvalue weighted by atomic mass is 9.74. The Morgan fingerprint density at radius 1 is 1.16 bits per heavy atom. The predicted molar refractivity (Wildman–Crippen MR) is 125 cm³/mol. The lowest BCUT2D eigenvalue weighted by Gasteiger charge is -2.44. The molecule has 0 N–H and O–H groups in total. The number of aromatic nitrogens is 2. The summed E-state index contributed by atoms with van der Waals surface area (Å²) in [5.41, 5.74) is 1.60. The molecule has 1 heterocycles. The highest BCUT2D eigenvalue weighted by Gasteiger charge is 2.47. The van der Waals surface area contributed by atoms with Gasteiger partial charge in [-0.3, -0.25) is 9.59 Å². The van der Waals surface area contributed by atoms with E-state index in [2.05, 4.69) is 10.2 Å². The third kappa shape index (κ3) is 4.32. The standard InChI is InChI=1S/C24H24ClN3O3S/c1-16-10-12-17(13-11-16)22-26-27-23(31-22)32-15-21(30)28(2)24(14-6-5-9-20(24)29)18-7-3-4-8-19(18)25/h3-4,7-8,10-13H,5-6,9,14-15H2,1-2H3/t24-/m1/s1. The number of amides is 1. The minimum atomic E-state index is -1.05. The van der Waals surface area contributed by atoms with Crippen molar-refractivity contribution in [3.05, 3.63) is 64.7 Å². The lowest BCUT2D eigenvalue weighted by Crippen LogP contribution is -2.54. The summed E-state index contributed by atoms with van der Waals surface area (Å²) in [5, 5.41) is 8.93. The summed E-state index contributed by atoms with van der Waals surface area (Å²) in [4.78, 5) is 27.9.